The lowest BCUT2D eigenvalue weighted by atomic mass is 9.96. The number of hydrogen-bond acceptors (Lipinski definition) is 6. The summed E-state index contributed by atoms with van der Waals surface area (Å²) in [5.74, 6) is 1.84. The second kappa shape index (κ2) is 14.8. The molecule has 0 fully saturated rings. The smallest absolute Gasteiger partial charge is 0.282 e. The number of aromatic nitrogens is 2. The normalized spacial score (nSPS) is 11.4. The summed E-state index contributed by atoms with van der Waals surface area (Å²) in [6.07, 6.45) is 1.65. The van der Waals surface area contributed by atoms with Crippen molar-refractivity contribution in [1.29, 1.82) is 0 Å². The van der Waals surface area contributed by atoms with Crippen molar-refractivity contribution >= 4 is 73.9 Å². The Morgan fingerprint density at radius 2 is 1.70 bits per heavy atom. The van der Waals surface area contributed by atoms with E-state index in [1.807, 2.05) is 81.4 Å². The van der Waals surface area contributed by atoms with Crippen LogP contribution in [0.5, 0.6) is 11.5 Å². The predicted octanol–water partition coefficient (Wildman–Crippen LogP) is 8.31. The van der Waals surface area contributed by atoms with Crippen LogP contribution in [0.25, 0.3) is 22.3 Å². The Labute approximate surface area is 295 Å². The molecule has 1 N–H and O–H groups in total. The van der Waals surface area contributed by atoms with Gasteiger partial charge in [-0.05, 0) is 137 Å². The Kier molecular flexibility index (Phi) is 10.8. The molecule has 0 spiro atoms. The Hall–Kier alpha value is -3.78. The first kappa shape index (κ1) is 33.6. The van der Waals surface area contributed by atoms with Crippen molar-refractivity contribution in [1.82, 2.24) is 9.66 Å². The average Bonchev–Trinajstić information content (AvgIpc) is 3.01. The van der Waals surface area contributed by atoms with E-state index in [2.05, 4.69) is 75.5 Å². The molecule has 5 aromatic rings. The lowest BCUT2D eigenvalue weighted by molar-refractivity contribution is -0.118. The number of rotatable bonds is 10. The highest BCUT2D eigenvalue weighted by Gasteiger charge is 2.19. The van der Waals surface area contributed by atoms with Crippen molar-refractivity contribution in [2.45, 2.75) is 40.5 Å². The van der Waals surface area contributed by atoms with Crippen molar-refractivity contribution in [2.24, 2.45) is 5.10 Å². The van der Waals surface area contributed by atoms with Crippen LogP contribution in [0.3, 0.4) is 0 Å². The maximum Gasteiger partial charge on any atom is 0.282 e. The van der Waals surface area contributed by atoms with Gasteiger partial charge in [-0.2, -0.15) is 9.78 Å². The van der Waals surface area contributed by atoms with Gasteiger partial charge < -0.3 is 14.8 Å². The van der Waals surface area contributed by atoms with E-state index in [0.717, 1.165) is 40.7 Å². The minimum atomic E-state index is -0.264. The Morgan fingerprint density at radius 3 is 2.37 bits per heavy atom. The Bertz CT molecular complexity index is 1980. The SMILES string of the molecule is CCOc1cc(C)c(-c2nc3ccccc3c(=O)n2N=Cc2cc(I)c(OCC(=O)Nc3ccc(C)cc3)c(I)c2)cc1C(C)C. The Balaban J connectivity index is 1.48. The highest BCUT2D eigenvalue weighted by molar-refractivity contribution is 14.1. The molecule has 8 nitrogen and oxygen atoms in total. The quantitative estimate of drug-likeness (QED) is 0.113. The molecule has 0 saturated heterocycles. The molecule has 0 aliphatic heterocycles. The van der Waals surface area contributed by atoms with Gasteiger partial charge >= 0.3 is 0 Å². The van der Waals surface area contributed by atoms with E-state index in [4.69, 9.17) is 14.5 Å². The molecule has 1 aromatic heterocycles. The summed E-state index contributed by atoms with van der Waals surface area (Å²) in [5, 5.41) is 8.02. The van der Waals surface area contributed by atoms with E-state index in [-0.39, 0.29) is 24.0 Å². The lowest BCUT2D eigenvalue weighted by Crippen LogP contribution is -2.21. The van der Waals surface area contributed by atoms with Crippen LogP contribution in [0, 0.1) is 21.0 Å². The molecule has 0 unspecified atom stereocenters. The molecule has 1 amide bonds. The number of benzene rings is 4. The zero-order chi connectivity index (χ0) is 33.0. The third-order valence-electron chi connectivity index (χ3n) is 7.30. The van der Waals surface area contributed by atoms with Gasteiger partial charge in [-0.1, -0.05) is 43.7 Å². The molecule has 0 radical (unpaired) electrons. The topological polar surface area (TPSA) is 94.8 Å². The maximum atomic E-state index is 13.9. The summed E-state index contributed by atoms with van der Waals surface area (Å²) >= 11 is 4.36. The number of hydrogen-bond donors (Lipinski definition) is 1. The highest BCUT2D eigenvalue weighted by atomic mass is 127. The number of aryl methyl sites for hydroxylation is 2. The summed E-state index contributed by atoms with van der Waals surface area (Å²) in [4.78, 5) is 31.3. The summed E-state index contributed by atoms with van der Waals surface area (Å²) in [6.45, 7) is 10.6. The predicted molar refractivity (Wildman–Crippen MR) is 202 cm³/mol. The standard InChI is InChI=1S/C36H34I2N4O4/c1-6-45-32-15-23(5)28(18-27(32)21(2)3)35-41-31-10-8-7-9-26(31)36(44)42(35)39-19-24-16-29(37)34(30(38)17-24)46-20-33(43)40-25-13-11-22(4)12-14-25/h7-19,21H,6,20H2,1-5H3,(H,40,43). The molecule has 10 heteroatoms. The number of para-hydroxylation sites is 1. The number of fused-ring (bicyclic) bond motifs is 1. The number of anilines is 1. The minimum Gasteiger partial charge on any atom is -0.494 e. The van der Waals surface area contributed by atoms with Gasteiger partial charge in [0, 0.05) is 11.3 Å². The largest absolute Gasteiger partial charge is 0.494 e. The van der Waals surface area contributed by atoms with E-state index in [1.54, 1.807) is 12.3 Å². The van der Waals surface area contributed by atoms with Crippen molar-refractivity contribution in [3.05, 3.63) is 113 Å². The van der Waals surface area contributed by atoms with E-state index in [0.29, 0.717) is 34.8 Å². The molecule has 0 saturated carbocycles. The fourth-order valence-electron chi connectivity index (χ4n) is 4.96. The number of ether oxygens (including phenoxy) is 2. The number of carbonyl (C=O) groups is 1. The molecule has 5 rings (SSSR count). The van der Waals surface area contributed by atoms with Gasteiger partial charge in [0.15, 0.2) is 12.4 Å². The third-order valence-corrected chi connectivity index (χ3v) is 8.90. The second-order valence-corrected chi connectivity index (χ2v) is 13.4. The Morgan fingerprint density at radius 1 is 1.00 bits per heavy atom. The first-order valence-electron chi connectivity index (χ1n) is 14.9. The molecule has 1 heterocycles. The molecular weight excluding hydrogens is 806 g/mol. The van der Waals surface area contributed by atoms with Crippen molar-refractivity contribution < 1.29 is 14.3 Å². The molecule has 0 bridgehead atoms. The summed E-state index contributed by atoms with van der Waals surface area (Å²) in [7, 11) is 0. The molecular formula is C36H34I2N4O4. The van der Waals surface area contributed by atoms with Crippen LogP contribution in [-0.2, 0) is 4.79 Å². The van der Waals surface area contributed by atoms with Crippen molar-refractivity contribution in [3.63, 3.8) is 0 Å². The van der Waals surface area contributed by atoms with Gasteiger partial charge in [0.25, 0.3) is 11.5 Å². The van der Waals surface area contributed by atoms with Gasteiger partial charge in [-0.3, -0.25) is 9.59 Å². The van der Waals surface area contributed by atoms with E-state index in [1.165, 1.54) is 4.68 Å². The van der Waals surface area contributed by atoms with Crippen molar-refractivity contribution in [3.8, 4) is 22.9 Å². The fraction of sp³-hybridized carbons (Fsp3) is 0.222. The summed E-state index contributed by atoms with van der Waals surface area (Å²) < 4.78 is 14.8. The van der Waals surface area contributed by atoms with Crippen LogP contribution >= 0.6 is 45.2 Å². The number of nitrogens with one attached hydrogen (secondary N) is 1. The van der Waals surface area contributed by atoms with E-state index in [9.17, 15) is 9.59 Å². The average molecular weight is 840 g/mol. The monoisotopic (exact) mass is 840 g/mol. The van der Waals surface area contributed by atoms with Gasteiger partial charge in [-0.25, -0.2) is 4.98 Å². The minimum absolute atomic E-state index is 0.130. The number of carbonyl (C=O) groups excluding carboxylic acids is 1. The van der Waals surface area contributed by atoms with Crippen LogP contribution in [0.15, 0.2) is 82.7 Å². The second-order valence-electron chi connectivity index (χ2n) is 11.1. The number of halogens is 2. The first-order valence-corrected chi connectivity index (χ1v) is 17.0. The fourth-order valence-corrected chi connectivity index (χ4v) is 7.09. The van der Waals surface area contributed by atoms with Crippen molar-refractivity contribution in [2.75, 3.05) is 18.5 Å². The van der Waals surface area contributed by atoms with Gasteiger partial charge in [0.1, 0.15) is 11.5 Å². The molecule has 46 heavy (non-hydrogen) atoms. The number of nitrogens with zero attached hydrogens (tertiary/aromatic N) is 3. The molecule has 0 aliphatic carbocycles. The van der Waals surface area contributed by atoms with E-state index >= 15 is 0 Å². The zero-order valence-corrected chi connectivity index (χ0v) is 30.5. The van der Waals surface area contributed by atoms with Crippen LogP contribution < -0.4 is 20.3 Å². The third kappa shape index (κ3) is 7.60. The molecule has 0 aliphatic rings. The maximum absolute atomic E-state index is 13.9. The van der Waals surface area contributed by atoms with Crippen LogP contribution in [0.4, 0.5) is 5.69 Å². The van der Waals surface area contributed by atoms with Gasteiger partial charge in [0.05, 0.1) is 30.9 Å². The highest BCUT2D eigenvalue weighted by Crippen LogP contribution is 2.34. The molecule has 4 aromatic carbocycles. The van der Waals surface area contributed by atoms with E-state index < -0.39 is 0 Å². The van der Waals surface area contributed by atoms with Crippen LogP contribution in [0.1, 0.15) is 48.9 Å². The lowest BCUT2D eigenvalue weighted by Gasteiger charge is -2.18. The van der Waals surface area contributed by atoms with Gasteiger partial charge in [-0.15, -0.1) is 0 Å². The first-order chi connectivity index (χ1) is 22.0. The summed E-state index contributed by atoms with van der Waals surface area (Å²) in [6, 6.07) is 22.8. The van der Waals surface area contributed by atoms with Gasteiger partial charge in [0.2, 0.25) is 0 Å². The molecule has 236 valence electrons. The van der Waals surface area contributed by atoms with Crippen LogP contribution in [-0.4, -0.2) is 35.0 Å². The number of amides is 1. The zero-order valence-electron chi connectivity index (χ0n) is 26.2. The summed E-state index contributed by atoms with van der Waals surface area (Å²) in [5.41, 5.74) is 5.71. The van der Waals surface area contributed by atoms with Crippen LogP contribution in [0.2, 0.25) is 0 Å². The molecule has 0 atom stereocenters.